The zero-order chi connectivity index (χ0) is 23.4. The van der Waals surface area contributed by atoms with Crippen molar-refractivity contribution in [1.82, 2.24) is 9.88 Å². The SMILES string of the molecule is Cc1c(F)c(Oc2cccc(C#N)c2)nc(Oc2cccc(C(=O)N3CCCCC3)c2)c1F. The molecule has 0 radical (unpaired) electrons. The van der Waals surface area contributed by atoms with Gasteiger partial charge in [-0.05, 0) is 62.6 Å². The Morgan fingerprint density at radius 1 is 0.970 bits per heavy atom. The molecule has 0 aliphatic carbocycles. The molecule has 168 valence electrons. The summed E-state index contributed by atoms with van der Waals surface area (Å²) in [6.07, 6.45) is 3.03. The zero-order valence-electron chi connectivity index (χ0n) is 18.0. The van der Waals surface area contributed by atoms with Gasteiger partial charge in [0.15, 0.2) is 11.6 Å². The molecule has 0 spiro atoms. The molecule has 6 nitrogen and oxygen atoms in total. The van der Waals surface area contributed by atoms with E-state index in [1.807, 2.05) is 6.07 Å². The third-order valence-electron chi connectivity index (χ3n) is 5.35. The normalized spacial score (nSPS) is 13.3. The van der Waals surface area contributed by atoms with Gasteiger partial charge in [-0.25, -0.2) is 8.78 Å². The molecule has 0 unspecified atom stereocenters. The maximum Gasteiger partial charge on any atom is 0.259 e. The van der Waals surface area contributed by atoms with E-state index in [0.717, 1.165) is 19.3 Å². The van der Waals surface area contributed by atoms with E-state index < -0.39 is 23.4 Å². The van der Waals surface area contributed by atoms with Gasteiger partial charge < -0.3 is 14.4 Å². The molecule has 33 heavy (non-hydrogen) atoms. The van der Waals surface area contributed by atoms with Gasteiger partial charge in [-0.3, -0.25) is 4.79 Å². The van der Waals surface area contributed by atoms with Crippen LogP contribution in [0.25, 0.3) is 0 Å². The lowest BCUT2D eigenvalue weighted by molar-refractivity contribution is 0.0724. The lowest BCUT2D eigenvalue weighted by Crippen LogP contribution is -2.35. The van der Waals surface area contributed by atoms with Crippen LogP contribution >= 0.6 is 0 Å². The number of aromatic nitrogens is 1. The van der Waals surface area contributed by atoms with Gasteiger partial charge in [-0.1, -0.05) is 12.1 Å². The number of carbonyl (C=O) groups is 1. The average molecular weight is 449 g/mol. The van der Waals surface area contributed by atoms with Crippen molar-refractivity contribution in [3.8, 4) is 29.3 Å². The quantitative estimate of drug-likeness (QED) is 0.496. The highest BCUT2D eigenvalue weighted by molar-refractivity contribution is 5.94. The van der Waals surface area contributed by atoms with Crippen LogP contribution in [-0.2, 0) is 0 Å². The highest BCUT2D eigenvalue weighted by Gasteiger charge is 2.22. The molecular weight excluding hydrogens is 428 g/mol. The van der Waals surface area contributed by atoms with Gasteiger partial charge >= 0.3 is 0 Å². The molecule has 3 aromatic rings. The summed E-state index contributed by atoms with van der Waals surface area (Å²) in [5.41, 5.74) is 0.406. The second-order valence-corrected chi connectivity index (χ2v) is 7.70. The van der Waals surface area contributed by atoms with E-state index in [0.29, 0.717) is 24.2 Å². The standard InChI is InChI=1S/C25H21F2N3O3/c1-16-21(26)23(32-19-9-5-7-17(13-19)15-28)29-24(22(16)27)33-20-10-6-8-18(14-20)25(31)30-11-3-2-4-12-30/h5-10,13-14H,2-4,11-12H2,1H3. The smallest absolute Gasteiger partial charge is 0.259 e. The van der Waals surface area contributed by atoms with Crippen LogP contribution in [0.3, 0.4) is 0 Å². The van der Waals surface area contributed by atoms with Gasteiger partial charge in [0.1, 0.15) is 11.5 Å². The van der Waals surface area contributed by atoms with Crippen LogP contribution in [0.1, 0.15) is 40.7 Å². The average Bonchev–Trinajstić information content (AvgIpc) is 2.86. The van der Waals surface area contributed by atoms with Crippen LogP contribution in [0.5, 0.6) is 23.3 Å². The first kappa shape index (κ1) is 22.2. The van der Waals surface area contributed by atoms with Crippen LogP contribution in [0.4, 0.5) is 8.78 Å². The summed E-state index contributed by atoms with van der Waals surface area (Å²) in [7, 11) is 0. The number of carbonyl (C=O) groups excluding carboxylic acids is 1. The van der Waals surface area contributed by atoms with Gasteiger partial charge in [-0.2, -0.15) is 10.2 Å². The molecule has 0 atom stereocenters. The fourth-order valence-electron chi connectivity index (χ4n) is 3.57. The summed E-state index contributed by atoms with van der Waals surface area (Å²) >= 11 is 0. The third-order valence-corrected chi connectivity index (χ3v) is 5.35. The van der Waals surface area contributed by atoms with E-state index >= 15 is 0 Å². The number of piperidine rings is 1. The molecule has 1 aliphatic rings. The molecule has 0 N–H and O–H groups in total. The van der Waals surface area contributed by atoms with E-state index in [1.54, 1.807) is 35.2 Å². The molecule has 1 aromatic heterocycles. The van der Waals surface area contributed by atoms with Gasteiger partial charge in [0.2, 0.25) is 0 Å². The van der Waals surface area contributed by atoms with E-state index in [9.17, 15) is 13.6 Å². The Morgan fingerprint density at radius 2 is 1.58 bits per heavy atom. The maximum absolute atomic E-state index is 14.7. The lowest BCUT2D eigenvalue weighted by Gasteiger charge is -2.26. The largest absolute Gasteiger partial charge is 0.436 e. The predicted molar refractivity (Wildman–Crippen MR) is 116 cm³/mol. The minimum atomic E-state index is -0.976. The monoisotopic (exact) mass is 449 g/mol. The van der Waals surface area contributed by atoms with Crippen molar-refractivity contribution in [2.75, 3.05) is 13.1 Å². The second-order valence-electron chi connectivity index (χ2n) is 7.70. The van der Waals surface area contributed by atoms with Crippen molar-refractivity contribution in [3.05, 3.63) is 76.9 Å². The summed E-state index contributed by atoms with van der Waals surface area (Å²) in [5.74, 6) is -2.68. The van der Waals surface area contributed by atoms with E-state index in [-0.39, 0.29) is 23.0 Å². The Hall–Kier alpha value is -3.99. The number of amides is 1. The molecule has 1 aliphatic heterocycles. The molecule has 1 fully saturated rings. The molecule has 2 aromatic carbocycles. The third kappa shape index (κ3) is 4.93. The Labute approximate surface area is 190 Å². The summed E-state index contributed by atoms with van der Waals surface area (Å²) in [6, 6.07) is 14.4. The molecule has 1 saturated heterocycles. The van der Waals surface area contributed by atoms with Crippen molar-refractivity contribution in [3.63, 3.8) is 0 Å². The fraction of sp³-hybridized carbons (Fsp3) is 0.240. The first-order valence-electron chi connectivity index (χ1n) is 10.6. The van der Waals surface area contributed by atoms with Crippen LogP contribution in [0.2, 0.25) is 0 Å². The van der Waals surface area contributed by atoms with Gasteiger partial charge in [-0.15, -0.1) is 0 Å². The van der Waals surface area contributed by atoms with Crippen LogP contribution in [0.15, 0.2) is 48.5 Å². The first-order chi connectivity index (χ1) is 16.0. The number of rotatable bonds is 5. The number of likely N-dealkylation sites (tertiary alicyclic amines) is 1. The summed E-state index contributed by atoms with van der Waals surface area (Å²) < 4.78 is 40.4. The summed E-state index contributed by atoms with van der Waals surface area (Å²) in [4.78, 5) is 18.4. The van der Waals surface area contributed by atoms with E-state index in [1.165, 1.54) is 25.1 Å². The molecular formula is C25H21F2N3O3. The highest BCUT2D eigenvalue weighted by atomic mass is 19.1. The Bertz CT molecular complexity index is 1230. The fourth-order valence-corrected chi connectivity index (χ4v) is 3.57. The molecule has 0 bridgehead atoms. The number of nitrogens with zero attached hydrogens (tertiary/aromatic N) is 3. The molecule has 1 amide bonds. The minimum absolute atomic E-state index is 0.120. The van der Waals surface area contributed by atoms with Gasteiger partial charge in [0.05, 0.1) is 11.6 Å². The first-order valence-corrected chi connectivity index (χ1v) is 10.6. The second kappa shape index (κ2) is 9.65. The number of hydrogen-bond acceptors (Lipinski definition) is 5. The van der Waals surface area contributed by atoms with Crippen molar-refractivity contribution in [1.29, 1.82) is 5.26 Å². The molecule has 8 heteroatoms. The highest BCUT2D eigenvalue weighted by Crippen LogP contribution is 2.33. The molecule has 2 heterocycles. The van der Waals surface area contributed by atoms with Crippen molar-refractivity contribution < 1.29 is 23.0 Å². The van der Waals surface area contributed by atoms with Crippen molar-refractivity contribution >= 4 is 5.91 Å². The van der Waals surface area contributed by atoms with Crippen LogP contribution in [-0.4, -0.2) is 28.9 Å². The number of pyridine rings is 1. The number of halogens is 2. The Morgan fingerprint density at radius 3 is 2.21 bits per heavy atom. The molecule has 4 rings (SSSR count). The Kier molecular flexibility index (Phi) is 6.50. The maximum atomic E-state index is 14.7. The van der Waals surface area contributed by atoms with Gasteiger partial charge in [0, 0.05) is 24.2 Å². The number of nitriles is 1. The van der Waals surface area contributed by atoms with E-state index in [4.69, 9.17) is 14.7 Å². The zero-order valence-corrected chi connectivity index (χ0v) is 18.0. The summed E-state index contributed by atoms with van der Waals surface area (Å²) in [5, 5.41) is 9.02. The number of hydrogen-bond donors (Lipinski definition) is 0. The van der Waals surface area contributed by atoms with Crippen LogP contribution < -0.4 is 9.47 Å². The predicted octanol–water partition coefficient (Wildman–Crippen LogP) is 5.75. The number of benzene rings is 2. The van der Waals surface area contributed by atoms with Crippen LogP contribution in [0, 0.1) is 29.9 Å². The van der Waals surface area contributed by atoms with Gasteiger partial charge in [0.25, 0.3) is 17.7 Å². The molecule has 0 saturated carbocycles. The lowest BCUT2D eigenvalue weighted by atomic mass is 10.1. The van der Waals surface area contributed by atoms with Crippen molar-refractivity contribution in [2.24, 2.45) is 0 Å². The topological polar surface area (TPSA) is 75.5 Å². The van der Waals surface area contributed by atoms with E-state index in [2.05, 4.69) is 4.98 Å². The number of ether oxygens (including phenoxy) is 2. The minimum Gasteiger partial charge on any atom is -0.436 e. The Balaban J connectivity index is 1.60. The summed E-state index contributed by atoms with van der Waals surface area (Å²) in [6.45, 7) is 2.64. The van der Waals surface area contributed by atoms with Crippen molar-refractivity contribution in [2.45, 2.75) is 26.2 Å².